The highest BCUT2D eigenvalue weighted by atomic mass is 32.3. The number of methoxy groups -OCH3 is 1. The molecule has 2 rings (SSSR count). The van der Waals surface area contributed by atoms with Crippen LogP contribution >= 0.6 is 11.3 Å². The molecule has 0 spiro atoms. The SMILES string of the molecule is CCCCCCCC/C=C\CCCCCCCC=NS(=O)(=O)c1cc2c(s1)S(=O)(=O)N(CCCOC)C[C@@H]2NCC. The number of hydrogen-bond donors (Lipinski definition) is 1. The first kappa shape index (κ1) is 36.1. The van der Waals surface area contributed by atoms with Crippen molar-refractivity contribution in [2.75, 3.05) is 33.4 Å². The molecule has 1 atom stereocenters. The van der Waals surface area contributed by atoms with Gasteiger partial charge in [-0.05, 0) is 57.6 Å². The van der Waals surface area contributed by atoms with Crippen molar-refractivity contribution < 1.29 is 21.6 Å². The Morgan fingerprint density at radius 3 is 2.20 bits per heavy atom. The lowest BCUT2D eigenvalue weighted by Gasteiger charge is -2.32. The third kappa shape index (κ3) is 12.6. The van der Waals surface area contributed by atoms with Crippen molar-refractivity contribution in [1.82, 2.24) is 9.62 Å². The van der Waals surface area contributed by atoms with Crippen molar-refractivity contribution in [1.29, 1.82) is 0 Å². The fraction of sp³-hybridized carbons (Fsp3) is 0.767. The van der Waals surface area contributed by atoms with Crippen LogP contribution in [0.4, 0.5) is 0 Å². The highest BCUT2D eigenvalue weighted by molar-refractivity contribution is 7.94. The summed E-state index contributed by atoms with van der Waals surface area (Å²) < 4.78 is 62.8. The van der Waals surface area contributed by atoms with Gasteiger partial charge in [-0.2, -0.15) is 17.1 Å². The van der Waals surface area contributed by atoms with Gasteiger partial charge in [0.1, 0.15) is 8.42 Å². The topological polar surface area (TPSA) is 105 Å². The van der Waals surface area contributed by atoms with E-state index in [9.17, 15) is 16.8 Å². The van der Waals surface area contributed by atoms with Gasteiger partial charge in [0.05, 0.1) is 0 Å². The number of fused-ring (bicyclic) bond motifs is 1. The second-order valence-corrected chi connectivity index (χ2v) is 15.8. The lowest BCUT2D eigenvalue weighted by molar-refractivity contribution is 0.185. The van der Waals surface area contributed by atoms with Gasteiger partial charge in [-0.15, -0.1) is 11.3 Å². The summed E-state index contributed by atoms with van der Waals surface area (Å²) in [7, 11) is -6.14. The highest BCUT2D eigenvalue weighted by Crippen LogP contribution is 2.40. The summed E-state index contributed by atoms with van der Waals surface area (Å²) in [5, 5.41) is 3.30. The van der Waals surface area contributed by atoms with Crippen molar-refractivity contribution in [3.8, 4) is 0 Å². The molecule has 11 heteroatoms. The van der Waals surface area contributed by atoms with Crippen LogP contribution in [0.5, 0.6) is 0 Å². The van der Waals surface area contributed by atoms with E-state index in [0.29, 0.717) is 38.1 Å². The molecule has 236 valence electrons. The Kier molecular flexibility index (Phi) is 17.6. The predicted octanol–water partition coefficient (Wildman–Crippen LogP) is 7.24. The second kappa shape index (κ2) is 20.0. The number of allylic oxidation sites excluding steroid dienone is 2. The Bertz CT molecular complexity index is 1130. The number of unbranched alkanes of at least 4 members (excludes halogenated alkanes) is 12. The van der Waals surface area contributed by atoms with Crippen molar-refractivity contribution in [3.05, 3.63) is 23.8 Å². The summed E-state index contributed by atoms with van der Waals surface area (Å²) in [5.74, 6) is 0. The number of hydrogen-bond acceptors (Lipinski definition) is 7. The number of sulfonamides is 2. The van der Waals surface area contributed by atoms with E-state index in [1.54, 1.807) is 7.11 Å². The fourth-order valence-corrected chi connectivity index (χ4v) is 9.76. The molecule has 0 unspecified atom stereocenters. The lowest BCUT2D eigenvalue weighted by Crippen LogP contribution is -2.43. The average molecular weight is 632 g/mol. The first-order chi connectivity index (χ1) is 19.8. The quantitative estimate of drug-likeness (QED) is 0.0776. The molecule has 8 nitrogen and oxygen atoms in total. The minimum Gasteiger partial charge on any atom is -0.385 e. The molecule has 0 fully saturated rings. The monoisotopic (exact) mass is 631 g/mol. The van der Waals surface area contributed by atoms with Crippen molar-refractivity contribution >= 4 is 37.6 Å². The van der Waals surface area contributed by atoms with Crippen LogP contribution in [0.1, 0.15) is 122 Å². The van der Waals surface area contributed by atoms with E-state index in [-0.39, 0.29) is 21.0 Å². The number of thiophene rings is 1. The van der Waals surface area contributed by atoms with Gasteiger partial charge in [-0.25, -0.2) is 8.42 Å². The summed E-state index contributed by atoms with van der Waals surface area (Å²) >= 11 is 0.803. The van der Waals surface area contributed by atoms with Gasteiger partial charge in [-0.3, -0.25) is 0 Å². The lowest BCUT2D eigenvalue weighted by atomic mass is 10.1. The van der Waals surface area contributed by atoms with Crippen molar-refractivity contribution in [2.24, 2.45) is 4.40 Å². The maximum atomic E-state index is 13.2. The molecule has 2 heterocycles. The molecular formula is C30H53N3O5S3. The van der Waals surface area contributed by atoms with Crippen LogP contribution in [-0.4, -0.2) is 60.7 Å². The Labute approximate surface area is 254 Å². The van der Waals surface area contributed by atoms with E-state index in [4.69, 9.17) is 4.74 Å². The molecule has 0 saturated heterocycles. The molecule has 0 bridgehead atoms. The highest BCUT2D eigenvalue weighted by Gasteiger charge is 2.39. The molecule has 0 aliphatic carbocycles. The van der Waals surface area contributed by atoms with E-state index >= 15 is 0 Å². The molecular weight excluding hydrogens is 579 g/mol. The summed E-state index contributed by atoms with van der Waals surface area (Å²) in [4.78, 5) is 0. The Balaban J connectivity index is 1.75. The van der Waals surface area contributed by atoms with E-state index < -0.39 is 20.0 Å². The van der Waals surface area contributed by atoms with E-state index in [1.165, 1.54) is 74.4 Å². The summed E-state index contributed by atoms with van der Waals surface area (Å²) in [6.45, 7) is 5.89. The Morgan fingerprint density at radius 1 is 0.976 bits per heavy atom. The van der Waals surface area contributed by atoms with Gasteiger partial charge in [0.15, 0.2) is 0 Å². The zero-order valence-electron chi connectivity index (χ0n) is 25.5. The van der Waals surface area contributed by atoms with Crippen LogP contribution < -0.4 is 5.32 Å². The molecule has 1 aromatic rings. The number of ether oxygens (including phenoxy) is 1. The number of rotatable bonds is 23. The van der Waals surface area contributed by atoms with Gasteiger partial charge < -0.3 is 10.1 Å². The van der Waals surface area contributed by atoms with Crippen LogP contribution in [-0.2, 0) is 24.8 Å². The molecule has 1 aliphatic heterocycles. The molecule has 41 heavy (non-hydrogen) atoms. The van der Waals surface area contributed by atoms with Gasteiger partial charge >= 0.3 is 0 Å². The number of likely N-dealkylation sites (N-methyl/N-ethyl adjacent to an activating group) is 1. The Hall–Kier alpha value is -1.11. The number of nitrogens with one attached hydrogen (secondary N) is 1. The minimum atomic E-state index is -3.95. The fourth-order valence-electron chi connectivity index (χ4n) is 4.98. The molecule has 1 aromatic heterocycles. The van der Waals surface area contributed by atoms with E-state index in [2.05, 4.69) is 28.8 Å². The average Bonchev–Trinajstić information content (AvgIpc) is 3.41. The first-order valence-corrected chi connectivity index (χ1v) is 19.3. The summed E-state index contributed by atoms with van der Waals surface area (Å²) in [6, 6.07) is 1.23. The minimum absolute atomic E-state index is 0.0199. The van der Waals surface area contributed by atoms with Crippen molar-refractivity contribution in [2.45, 2.75) is 125 Å². The molecule has 0 radical (unpaired) electrons. The van der Waals surface area contributed by atoms with Gasteiger partial charge in [-0.1, -0.05) is 77.4 Å². The normalized spacial score (nSPS) is 17.6. The van der Waals surface area contributed by atoms with Gasteiger partial charge in [0.2, 0.25) is 0 Å². The molecule has 1 N–H and O–H groups in total. The molecule has 0 amide bonds. The smallest absolute Gasteiger partial charge is 0.291 e. The van der Waals surface area contributed by atoms with Gasteiger partial charge in [0.25, 0.3) is 20.0 Å². The number of nitrogens with zero attached hydrogens (tertiary/aromatic N) is 2. The molecule has 1 aliphatic rings. The molecule has 0 aromatic carbocycles. The second-order valence-electron chi connectivity index (χ2n) is 10.8. The van der Waals surface area contributed by atoms with Crippen LogP contribution in [0.2, 0.25) is 0 Å². The maximum absolute atomic E-state index is 13.2. The maximum Gasteiger partial charge on any atom is 0.291 e. The summed E-state index contributed by atoms with van der Waals surface area (Å²) in [5.41, 5.74) is 0.519. The largest absolute Gasteiger partial charge is 0.385 e. The summed E-state index contributed by atoms with van der Waals surface area (Å²) in [6.07, 6.45) is 23.1. The third-order valence-corrected chi connectivity index (χ3v) is 12.6. The van der Waals surface area contributed by atoms with E-state index in [1.807, 2.05) is 6.92 Å². The standard InChI is InChI=1S/C30H53N3O5S3/c1-4-6-7-8-9-10-11-12-13-14-15-16-17-18-19-20-22-32-40(34,35)29-25-27-28(31-5-2)26-33(23-21-24-38-3)41(36,37)30(27)39-29/h12-13,22,25,28,31H,4-11,14-21,23-24,26H2,1-3H3/b13-12-,32-22?/t28-/m0/s1. The zero-order chi connectivity index (χ0) is 30.0. The van der Waals surface area contributed by atoms with Crippen LogP contribution in [0, 0.1) is 0 Å². The third-order valence-electron chi connectivity index (χ3n) is 7.31. The first-order valence-electron chi connectivity index (χ1n) is 15.6. The zero-order valence-corrected chi connectivity index (χ0v) is 27.9. The molecule has 0 saturated carbocycles. The van der Waals surface area contributed by atoms with Crippen LogP contribution in [0.25, 0.3) is 0 Å². The van der Waals surface area contributed by atoms with Crippen LogP contribution in [0.3, 0.4) is 0 Å². The Morgan fingerprint density at radius 2 is 1.59 bits per heavy atom. The van der Waals surface area contributed by atoms with E-state index in [0.717, 1.165) is 37.0 Å². The van der Waals surface area contributed by atoms with Crippen LogP contribution in [0.15, 0.2) is 31.0 Å². The van der Waals surface area contributed by atoms with Gasteiger partial charge in [0, 0.05) is 44.6 Å². The predicted molar refractivity (Wildman–Crippen MR) is 171 cm³/mol. The van der Waals surface area contributed by atoms with Crippen molar-refractivity contribution in [3.63, 3.8) is 0 Å².